The zero-order chi connectivity index (χ0) is 19.1. The molecule has 5 aromatic rings. The SMILES string of the molecule is CC(Oc1ccc2[nH]nc(-c3cnn(C)c3)c2c1)c1ccnc2ccccc12. The first-order valence-corrected chi connectivity index (χ1v) is 9.16. The van der Waals surface area contributed by atoms with E-state index >= 15 is 0 Å². The number of aromatic amines is 1. The van der Waals surface area contributed by atoms with Crippen LogP contribution in [-0.4, -0.2) is 25.0 Å². The van der Waals surface area contributed by atoms with Gasteiger partial charge in [0.05, 0.1) is 17.2 Å². The third-order valence-corrected chi connectivity index (χ3v) is 4.95. The predicted molar refractivity (Wildman–Crippen MR) is 109 cm³/mol. The minimum absolute atomic E-state index is 0.112. The Morgan fingerprint density at radius 3 is 2.82 bits per heavy atom. The van der Waals surface area contributed by atoms with Gasteiger partial charge in [0.1, 0.15) is 17.5 Å². The van der Waals surface area contributed by atoms with Crippen LogP contribution in [0, 0.1) is 0 Å². The van der Waals surface area contributed by atoms with E-state index in [1.807, 2.05) is 68.1 Å². The molecule has 0 bridgehead atoms. The average Bonchev–Trinajstić information content (AvgIpc) is 3.33. The van der Waals surface area contributed by atoms with Crippen LogP contribution in [0.5, 0.6) is 5.75 Å². The Kier molecular flexibility index (Phi) is 3.83. The molecule has 1 unspecified atom stereocenters. The van der Waals surface area contributed by atoms with Gasteiger partial charge in [0.15, 0.2) is 0 Å². The van der Waals surface area contributed by atoms with Crippen LogP contribution in [0.4, 0.5) is 0 Å². The summed E-state index contributed by atoms with van der Waals surface area (Å²) in [4.78, 5) is 4.44. The number of hydrogen-bond acceptors (Lipinski definition) is 4. The van der Waals surface area contributed by atoms with Gasteiger partial charge in [-0.1, -0.05) is 18.2 Å². The van der Waals surface area contributed by atoms with Gasteiger partial charge in [-0.3, -0.25) is 14.8 Å². The predicted octanol–water partition coefficient (Wildman–Crippen LogP) is 4.65. The molecule has 0 aliphatic carbocycles. The quantitative estimate of drug-likeness (QED) is 0.501. The lowest BCUT2D eigenvalue weighted by molar-refractivity contribution is 0.229. The van der Waals surface area contributed by atoms with E-state index < -0.39 is 0 Å². The van der Waals surface area contributed by atoms with Gasteiger partial charge in [0.25, 0.3) is 0 Å². The molecule has 0 aliphatic rings. The Morgan fingerprint density at radius 2 is 1.96 bits per heavy atom. The lowest BCUT2D eigenvalue weighted by atomic mass is 10.1. The van der Waals surface area contributed by atoms with Crippen LogP contribution in [0.15, 0.2) is 67.1 Å². The number of ether oxygens (including phenoxy) is 1. The van der Waals surface area contributed by atoms with Crippen molar-refractivity contribution in [2.45, 2.75) is 13.0 Å². The zero-order valence-electron chi connectivity index (χ0n) is 15.6. The zero-order valence-corrected chi connectivity index (χ0v) is 15.6. The number of H-pyrrole nitrogens is 1. The molecule has 0 spiro atoms. The molecule has 0 radical (unpaired) electrons. The van der Waals surface area contributed by atoms with E-state index in [1.165, 1.54) is 0 Å². The molecule has 0 saturated carbocycles. The molecule has 1 atom stereocenters. The molecule has 6 heteroatoms. The van der Waals surface area contributed by atoms with Gasteiger partial charge in [-0.25, -0.2) is 0 Å². The van der Waals surface area contributed by atoms with Crippen molar-refractivity contribution in [3.63, 3.8) is 0 Å². The van der Waals surface area contributed by atoms with E-state index in [-0.39, 0.29) is 6.10 Å². The number of aromatic nitrogens is 5. The molecule has 0 fully saturated rings. The molecule has 6 nitrogen and oxygen atoms in total. The first kappa shape index (κ1) is 16.5. The largest absolute Gasteiger partial charge is 0.486 e. The van der Waals surface area contributed by atoms with E-state index in [2.05, 4.69) is 33.3 Å². The van der Waals surface area contributed by atoms with Crippen LogP contribution in [0.2, 0.25) is 0 Å². The number of nitrogens with one attached hydrogen (secondary N) is 1. The molecule has 0 amide bonds. The summed E-state index contributed by atoms with van der Waals surface area (Å²) < 4.78 is 8.06. The van der Waals surface area contributed by atoms with E-state index in [4.69, 9.17) is 4.74 Å². The number of para-hydroxylation sites is 1. The second kappa shape index (κ2) is 6.49. The van der Waals surface area contributed by atoms with Crippen molar-refractivity contribution in [1.82, 2.24) is 25.0 Å². The minimum Gasteiger partial charge on any atom is -0.486 e. The van der Waals surface area contributed by atoms with Crippen LogP contribution in [0.1, 0.15) is 18.6 Å². The maximum absolute atomic E-state index is 6.29. The van der Waals surface area contributed by atoms with Gasteiger partial charge >= 0.3 is 0 Å². The van der Waals surface area contributed by atoms with Gasteiger partial charge in [0, 0.05) is 41.3 Å². The fourth-order valence-electron chi connectivity index (χ4n) is 3.57. The number of nitrogens with zero attached hydrogens (tertiary/aromatic N) is 4. The van der Waals surface area contributed by atoms with Crippen LogP contribution in [0.3, 0.4) is 0 Å². The number of pyridine rings is 1. The lowest BCUT2D eigenvalue weighted by Crippen LogP contribution is -2.04. The Balaban J connectivity index is 1.51. The molecule has 3 aromatic heterocycles. The fraction of sp³-hybridized carbons (Fsp3) is 0.136. The molecule has 2 aromatic carbocycles. The van der Waals surface area contributed by atoms with Crippen molar-refractivity contribution in [2.75, 3.05) is 0 Å². The number of benzene rings is 2. The monoisotopic (exact) mass is 369 g/mol. The number of aryl methyl sites for hydroxylation is 1. The van der Waals surface area contributed by atoms with E-state index in [1.54, 1.807) is 4.68 Å². The standard InChI is InChI=1S/C22H19N5O/c1-14(17-9-10-23-20-6-4-3-5-18(17)20)28-16-7-8-21-19(11-16)22(26-25-21)15-12-24-27(2)13-15/h3-14H,1-2H3,(H,25,26). The summed E-state index contributed by atoms with van der Waals surface area (Å²) in [5, 5.41) is 13.9. The number of rotatable bonds is 4. The summed E-state index contributed by atoms with van der Waals surface area (Å²) in [7, 11) is 1.90. The van der Waals surface area contributed by atoms with Crippen molar-refractivity contribution >= 4 is 21.8 Å². The highest BCUT2D eigenvalue weighted by Crippen LogP contribution is 2.32. The second-order valence-corrected chi connectivity index (χ2v) is 6.86. The third-order valence-electron chi connectivity index (χ3n) is 4.95. The number of hydrogen-bond donors (Lipinski definition) is 1. The van der Waals surface area contributed by atoms with Crippen molar-refractivity contribution in [3.8, 4) is 17.0 Å². The Morgan fingerprint density at radius 1 is 1.07 bits per heavy atom. The molecule has 0 saturated heterocycles. The van der Waals surface area contributed by atoms with Crippen LogP contribution < -0.4 is 4.74 Å². The highest BCUT2D eigenvalue weighted by molar-refractivity contribution is 5.93. The molecule has 138 valence electrons. The smallest absolute Gasteiger partial charge is 0.122 e. The van der Waals surface area contributed by atoms with Crippen LogP contribution >= 0.6 is 0 Å². The maximum atomic E-state index is 6.29. The maximum Gasteiger partial charge on any atom is 0.122 e. The van der Waals surface area contributed by atoms with Crippen molar-refractivity contribution in [2.24, 2.45) is 7.05 Å². The first-order valence-electron chi connectivity index (χ1n) is 9.16. The summed E-state index contributed by atoms with van der Waals surface area (Å²) in [5.41, 5.74) is 4.90. The van der Waals surface area contributed by atoms with E-state index in [0.29, 0.717) is 0 Å². The van der Waals surface area contributed by atoms with E-state index in [9.17, 15) is 0 Å². The van der Waals surface area contributed by atoms with Crippen LogP contribution in [0.25, 0.3) is 33.1 Å². The number of fused-ring (bicyclic) bond motifs is 2. The average molecular weight is 369 g/mol. The second-order valence-electron chi connectivity index (χ2n) is 6.86. The normalized spacial score (nSPS) is 12.5. The molecular formula is C22H19N5O. The highest BCUT2D eigenvalue weighted by atomic mass is 16.5. The van der Waals surface area contributed by atoms with Crippen molar-refractivity contribution in [1.29, 1.82) is 0 Å². The fourth-order valence-corrected chi connectivity index (χ4v) is 3.57. The van der Waals surface area contributed by atoms with Crippen molar-refractivity contribution < 1.29 is 4.74 Å². The Bertz CT molecular complexity index is 1280. The van der Waals surface area contributed by atoms with Gasteiger partial charge in [-0.2, -0.15) is 10.2 Å². The Labute approximate surface area is 161 Å². The summed E-state index contributed by atoms with van der Waals surface area (Å²) in [5.74, 6) is 0.799. The lowest BCUT2D eigenvalue weighted by Gasteiger charge is -2.17. The minimum atomic E-state index is -0.112. The molecule has 1 N–H and O–H groups in total. The molecule has 3 heterocycles. The summed E-state index contributed by atoms with van der Waals surface area (Å²) in [6.45, 7) is 2.06. The third kappa shape index (κ3) is 2.79. The van der Waals surface area contributed by atoms with Gasteiger partial charge in [-0.15, -0.1) is 0 Å². The van der Waals surface area contributed by atoms with Crippen LogP contribution in [-0.2, 0) is 7.05 Å². The molecule has 5 rings (SSSR count). The molecule has 28 heavy (non-hydrogen) atoms. The van der Waals surface area contributed by atoms with E-state index in [0.717, 1.165) is 44.4 Å². The Hall–Kier alpha value is -3.67. The van der Waals surface area contributed by atoms with Gasteiger partial charge in [0.2, 0.25) is 0 Å². The highest BCUT2D eigenvalue weighted by Gasteiger charge is 2.14. The van der Waals surface area contributed by atoms with Crippen molar-refractivity contribution in [3.05, 3.63) is 72.7 Å². The summed E-state index contributed by atoms with van der Waals surface area (Å²) in [6, 6.07) is 16.1. The van der Waals surface area contributed by atoms with Gasteiger partial charge < -0.3 is 4.74 Å². The molecule has 0 aliphatic heterocycles. The summed E-state index contributed by atoms with van der Waals surface area (Å²) in [6.07, 6.45) is 5.49. The first-order chi connectivity index (χ1) is 13.7. The molecular weight excluding hydrogens is 350 g/mol. The topological polar surface area (TPSA) is 68.6 Å². The van der Waals surface area contributed by atoms with Gasteiger partial charge in [-0.05, 0) is 37.3 Å². The summed E-state index contributed by atoms with van der Waals surface area (Å²) >= 11 is 0.